The van der Waals surface area contributed by atoms with Crippen LogP contribution in [0.4, 0.5) is 0 Å². The van der Waals surface area contributed by atoms with Gasteiger partial charge in [-0.2, -0.15) is 0 Å². The SMILES string of the molecule is NCC1CCCOC1c1ccccc1Br. The Labute approximate surface area is 98.9 Å². The van der Waals surface area contributed by atoms with E-state index in [4.69, 9.17) is 10.5 Å². The first kappa shape index (κ1) is 11.1. The summed E-state index contributed by atoms with van der Waals surface area (Å²) in [6.45, 7) is 1.55. The quantitative estimate of drug-likeness (QED) is 0.896. The Hall–Kier alpha value is -0.380. The van der Waals surface area contributed by atoms with Crippen LogP contribution < -0.4 is 5.73 Å². The molecule has 0 aromatic heterocycles. The van der Waals surface area contributed by atoms with E-state index in [9.17, 15) is 0 Å². The molecule has 1 fully saturated rings. The fraction of sp³-hybridized carbons (Fsp3) is 0.500. The van der Waals surface area contributed by atoms with Gasteiger partial charge < -0.3 is 10.5 Å². The van der Waals surface area contributed by atoms with Crippen molar-refractivity contribution in [1.29, 1.82) is 0 Å². The average Bonchev–Trinajstić information content (AvgIpc) is 2.30. The molecule has 0 radical (unpaired) electrons. The molecule has 1 heterocycles. The van der Waals surface area contributed by atoms with Crippen LogP contribution >= 0.6 is 15.9 Å². The van der Waals surface area contributed by atoms with Gasteiger partial charge in [0.25, 0.3) is 0 Å². The summed E-state index contributed by atoms with van der Waals surface area (Å²) in [5.41, 5.74) is 7.02. The van der Waals surface area contributed by atoms with Gasteiger partial charge in [0, 0.05) is 17.0 Å². The molecule has 82 valence electrons. The molecule has 2 unspecified atom stereocenters. The lowest BCUT2D eigenvalue weighted by molar-refractivity contribution is -0.0255. The molecule has 2 atom stereocenters. The third-order valence-electron chi connectivity index (χ3n) is 2.96. The first-order valence-corrected chi connectivity index (χ1v) is 6.18. The summed E-state index contributed by atoms with van der Waals surface area (Å²) in [6.07, 6.45) is 2.46. The van der Waals surface area contributed by atoms with E-state index in [1.165, 1.54) is 12.0 Å². The molecule has 0 saturated carbocycles. The molecule has 1 aromatic carbocycles. The average molecular weight is 270 g/mol. The summed E-state index contributed by atoms with van der Waals surface area (Å²) < 4.78 is 6.96. The van der Waals surface area contributed by atoms with E-state index < -0.39 is 0 Å². The van der Waals surface area contributed by atoms with Crippen molar-refractivity contribution in [3.63, 3.8) is 0 Å². The van der Waals surface area contributed by atoms with Gasteiger partial charge in [-0.05, 0) is 31.0 Å². The Morgan fingerprint density at radius 2 is 2.20 bits per heavy atom. The van der Waals surface area contributed by atoms with Crippen molar-refractivity contribution < 1.29 is 4.74 Å². The summed E-state index contributed by atoms with van der Waals surface area (Å²) in [4.78, 5) is 0. The standard InChI is InChI=1S/C12H16BrNO/c13-11-6-2-1-5-10(11)12-9(8-14)4-3-7-15-12/h1-2,5-6,9,12H,3-4,7-8,14H2. The molecule has 0 bridgehead atoms. The Bertz CT molecular complexity index is 329. The van der Waals surface area contributed by atoms with Crippen LogP contribution in [0.1, 0.15) is 24.5 Å². The minimum atomic E-state index is 0.166. The van der Waals surface area contributed by atoms with E-state index in [-0.39, 0.29) is 6.10 Å². The molecule has 2 rings (SSSR count). The zero-order chi connectivity index (χ0) is 10.7. The first-order valence-electron chi connectivity index (χ1n) is 5.39. The largest absolute Gasteiger partial charge is 0.373 e. The van der Waals surface area contributed by atoms with E-state index in [0.29, 0.717) is 12.5 Å². The molecular weight excluding hydrogens is 254 g/mol. The molecule has 1 saturated heterocycles. The van der Waals surface area contributed by atoms with Gasteiger partial charge in [0.1, 0.15) is 0 Å². The Balaban J connectivity index is 2.24. The number of benzene rings is 1. The Kier molecular flexibility index (Phi) is 3.78. The van der Waals surface area contributed by atoms with Gasteiger partial charge in [-0.3, -0.25) is 0 Å². The molecule has 1 aliphatic heterocycles. The molecule has 2 N–H and O–H groups in total. The highest BCUT2D eigenvalue weighted by atomic mass is 79.9. The molecule has 1 aromatic rings. The minimum Gasteiger partial charge on any atom is -0.373 e. The maximum Gasteiger partial charge on any atom is 0.0875 e. The third-order valence-corrected chi connectivity index (χ3v) is 3.68. The maximum atomic E-state index is 5.84. The molecule has 1 aliphatic rings. The number of halogens is 1. The lowest BCUT2D eigenvalue weighted by atomic mass is 9.90. The molecule has 2 nitrogen and oxygen atoms in total. The molecule has 3 heteroatoms. The number of hydrogen-bond donors (Lipinski definition) is 1. The van der Waals surface area contributed by atoms with Crippen LogP contribution in [-0.2, 0) is 4.74 Å². The van der Waals surface area contributed by atoms with Gasteiger partial charge in [-0.15, -0.1) is 0 Å². The highest BCUT2D eigenvalue weighted by molar-refractivity contribution is 9.10. The smallest absolute Gasteiger partial charge is 0.0875 e. The fourth-order valence-corrected chi connectivity index (χ4v) is 2.64. The van der Waals surface area contributed by atoms with Crippen LogP contribution in [0, 0.1) is 5.92 Å². The number of nitrogens with two attached hydrogens (primary N) is 1. The van der Waals surface area contributed by atoms with E-state index >= 15 is 0 Å². The van der Waals surface area contributed by atoms with Crippen molar-refractivity contribution in [2.24, 2.45) is 11.7 Å². The van der Waals surface area contributed by atoms with Crippen LogP contribution in [0.25, 0.3) is 0 Å². The first-order chi connectivity index (χ1) is 7.33. The Morgan fingerprint density at radius 3 is 2.93 bits per heavy atom. The predicted octanol–water partition coefficient (Wildman–Crippen LogP) is 2.88. The third kappa shape index (κ3) is 2.41. The van der Waals surface area contributed by atoms with Gasteiger partial charge in [0.05, 0.1) is 6.10 Å². The summed E-state index contributed by atoms with van der Waals surface area (Å²) in [7, 11) is 0. The van der Waals surface area contributed by atoms with Crippen molar-refractivity contribution in [3.8, 4) is 0 Å². The second-order valence-electron chi connectivity index (χ2n) is 3.95. The van der Waals surface area contributed by atoms with Crippen molar-refractivity contribution >= 4 is 15.9 Å². The maximum absolute atomic E-state index is 5.84. The van der Waals surface area contributed by atoms with Crippen molar-refractivity contribution in [1.82, 2.24) is 0 Å². The lowest BCUT2D eigenvalue weighted by Gasteiger charge is -2.31. The number of rotatable bonds is 2. The highest BCUT2D eigenvalue weighted by Gasteiger charge is 2.27. The number of ether oxygens (including phenoxy) is 1. The van der Waals surface area contributed by atoms with E-state index in [1.807, 2.05) is 12.1 Å². The van der Waals surface area contributed by atoms with Crippen molar-refractivity contribution in [2.45, 2.75) is 18.9 Å². The zero-order valence-corrected chi connectivity index (χ0v) is 10.2. The number of hydrogen-bond acceptors (Lipinski definition) is 2. The van der Waals surface area contributed by atoms with Crippen LogP contribution in [-0.4, -0.2) is 13.2 Å². The van der Waals surface area contributed by atoms with Crippen molar-refractivity contribution in [3.05, 3.63) is 34.3 Å². The van der Waals surface area contributed by atoms with Crippen LogP contribution in [0.5, 0.6) is 0 Å². The monoisotopic (exact) mass is 269 g/mol. The molecular formula is C12H16BrNO. The van der Waals surface area contributed by atoms with E-state index in [0.717, 1.165) is 17.5 Å². The van der Waals surface area contributed by atoms with Gasteiger partial charge in [0.15, 0.2) is 0 Å². The minimum absolute atomic E-state index is 0.166. The van der Waals surface area contributed by atoms with Gasteiger partial charge >= 0.3 is 0 Å². The molecule has 15 heavy (non-hydrogen) atoms. The second kappa shape index (κ2) is 5.10. The zero-order valence-electron chi connectivity index (χ0n) is 8.66. The summed E-state index contributed by atoms with van der Waals surface area (Å²) in [6, 6.07) is 8.24. The summed E-state index contributed by atoms with van der Waals surface area (Å²) in [5, 5.41) is 0. The van der Waals surface area contributed by atoms with Gasteiger partial charge in [-0.25, -0.2) is 0 Å². The summed E-state index contributed by atoms with van der Waals surface area (Å²) in [5.74, 6) is 0.456. The summed E-state index contributed by atoms with van der Waals surface area (Å²) >= 11 is 3.57. The van der Waals surface area contributed by atoms with Gasteiger partial charge in [0.2, 0.25) is 0 Å². The van der Waals surface area contributed by atoms with Crippen LogP contribution in [0.15, 0.2) is 28.7 Å². The fourth-order valence-electron chi connectivity index (χ4n) is 2.13. The Morgan fingerprint density at radius 1 is 1.40 bits per heavy atom. The van der Waals surface area contributed by atoms with Crippen LogP contribution in [0.2, 0.25) is 0 Å². The normalized spacial score (nSPS) is 26.5. The van der Waals surface area contributed by atoms with Crippen LogP contribution in [0.3, 0.4) is 0 Å². The topological polar surface area (TPSA) is 35.2 Å². The highest BCUT2D eigenvalue weighted by Crippen LogP contribution is 2.36. The predicted molar refractivity (Wildman–Crippen MR) is 64.6 cm³/mol. The van der Waals surface area contributed by atoms with Crippen molar-refractivity contribution in [2.75, 3.05) is 13.2 Å². The van der Waals surface area contributed by atoms with Gasteiger partial charge in [-0.1, -0.05) is 34.1 Å². The second-order valence-corrected chi connectivity index (χ2v) is 4.81. The molecule has 0 aliphatic carbocycles. The van der Waals surface area contributed by atoms with E-state index in [1.54, 1.807) is 0 Å². The lowest BCUT2D eigenvalue weighted by Crippen LogP contribution is -2.28. The van der Waals surface area contributed by atoms with E-state index in [2.05, 4.69) is 28.1 Å². The molecule has 0 amide bonds. The molecule has 0 spiro atoms.